The van der Waals surface area contributed by atoms with Gasteiger partial charge in [-0.25, -0.2) is 4.57 Å². The molecule has 0 aliphatic heterocycles. The summed E-state index contributed by atoms with van der Waals surface area (Å²) in [6.07, 6.45) is 60.5. The zero-order chi connectivity index (χ0) is 46.0. The van der Waals surface area contributed by atoms with Crippen LogP contribution in [0.2, 0.25) is 0 Å². The maximum Gasteiger partial charge on any atom is 0.472 e. The number of phosphoric acid groups is 1. The van der Waals surface area contributed by atoms with E-state index in [-0.39, 0.29) is 25.7 Å². The van der Waals surface area contributed by atoms with Crippen molar-refractivity contribution in [3.05, 3.63) is 12.2 Å². The SMILES string of the molecule is CCCCCCCCC/C=C/[C@@H](O)[C@H](COP(=O)(O)OCCN)NC(=O)CCCCCCCCCCCCCCCCCCCCCCCCCCCCCCCCCCCCC. The second-order valence-corrected chi connectivity index (χ2v) is 20.6. The van der Waals surface area contributed by atoms with Gasteiger partial charge in [-0.3, -0.25) is 13.8 Å². The Morgan fingerprint density at radius 2 is 0.810 bits per heavy atom. The summed E-state index contributed by atoms with van der Waals surface area (Å²) < 4.78 is 22.1. The van der Waals surface area contributed by atoms with E-state index in [0.717, 1.165) is 38.5 Å². The van der Waals surface area contributed by atoms with Crippen molar-refractivity contribution in [3.63, 3.8) is 0 Å². The standard InChI is InChI=1S/C54H109N2O6P/c1-3-5-7-9-11-13-14-15-16-17-18-19-20-21-22-23-24-25-26-27-28-29-30-31-32-33-34-35-36-37-38-40-42-44-46-48-54(58)56-52(51-62-63(59,60)61-50-49-55)53(57)47-45-43-41-39-12-10-8-6-4-2/h45,47,52-53,57H,3-44,46,48-51,55H2,1-2H3,(H,56,58)(H,59,60)/b47-45+/t52-,53+/m0/s1. The maximum absolute atomic E-state index is 12.8. The fraction of sp³-hybridized carbons (Fsp3) is 0.944. The van der Waals surface area contributed by atoms with E-state index in [1.165, 1.54) is 238 Å². The number of phosphoric ester groups is 1. The first-order valence-corrected chi connectivity index (χ1v) is 29.3. The maximum atomic E-state index is 12.8. The van der Waals surface area contributed by atoms with Gasteiger partial charge in [-0.2, -0.15) is 0 Å². The molecular weight excluding hydrogens is 804 g/mol. The Morgan fingerprint density at radius 1 is 0.508 bits per heavy atom. The molecule has 0 rings (SSSR count). The predicted molar refractivity (Wildman–Crippen MR) is 272 cm³/mol. The second kappa shape index (κ2) is 50.6. The van der Waals surface area contributed by atoms with Gasteiger partial charge >= 0.3 is 7.82 Å². The first kappa shape index (κ1) is 62.2. The minimum absolute atomic E-state index is 0.0812. The number of aliphatic hydroxyl groups excluding tert-OH is 1. The van der Waals surface area contributed by atoms with E-state index in [4.69, 9.17) is 14.8 Å². The number of nitrogens with one attached hydrogen (secondary N) is 1. The van der Waals surface area contributed by atoms with Crippen LogP contribution in [-0.2, 0) is 18.4 Å². The van der Waals surface area contributed by atoms with Crippen LogP contribution < -0.4 is 11.1 Å². The lowest BCUT2D eigenvalue weighted by molar-refractivity contribution is -0.123. The molecule has 9 heteroatoms. The summed E-state index contributed by atoms with van der Waals surface area (Å²) in [6, 6.07) is -0.854. The van der Waals surface area contributed by atoms with Crippen molar-refractivity contribution < 1.29 is 28.4 Å². The van der Waals surface area contributed by atoms with E-state index in [9.17, 15) is 19.4 Å². The molecule has 0 radical (unpaired) electrons. The smallest absolute Gasteiger partial charge is 0.387 e. The number of hydrogen-bond donors (Lipinski definition) is 4. The van der Waals surface area contributed by atoms with Gasteiger partial charge in [-0.15, -0.1) is 0 Å². The topological polar surface area (TPSA) is 131 Å². The molecule has 0 aliphatic carbocycles. The summed E-state index contributed by atoms with van der Waals surface area (Å²) in [5, 5.41) is 13.6. The minimum atomic E-state index is -4.33. The van der Waals surface area contributed by atoms with E-state index < -0.39 is 20.0 Å². The Balaban J connectivity index is 3.69. The van der Waals surface area contributed by atoms with E-state index in [2.05, 4.69) is 19.2 Å². The Hall–Kier alpha value is -0.760. The molecule has 0 bridgehead atoms. The summed E-state index contributed by atoms with van der Waals surface area (Å²) in [6.45, 7) is 4.14. The Bertz CT molecular complexity index is 999. The van der Waals surface area contributed by atoms with Crippen molar-refractivity contribution in [1.82, 2.24) is 5.32 Å². The molecular formula is C54H109N2O6P. The number of carbonyl (C=O) groups excluding carboxylic acids is 1. The summed E-state index contributed by atoms with van der Waals surface area (Å²) in [5.74, 6) is -0.190. The van der Waals surface area contributed by atoms with Crippen molar-refractivity contribution in [3.8, 4) is 0 Å². The number of amides is 1. The van der Waals surface area contributed by atoms with Crippen LogP contribution in [0.15, 0.2) is 12.2 Å². The normalized spacial score (nSPS) is 13.8. The largest absolute Gasteiger partial charge is 0.472 e. The number of rotatable bonds is 53. The first-order valence-electron chi connectivity index (χ1n) is 27.8. The minimum Gasteiger partial charge on any atom is -0.387 e. The van der Waals surface area contributed by atoms with Gasteiger partial charge in [0.1, 0.15) is 0 Å². The van der Waals surface area contributed by atoms with Crippen molar-refractivity contribution >= 4 is 13.7 Å². The third kappa shape index (κ3) is 49.0. The van der Waals surface area contributed by atoms with Crippen LogP contribution >= 0.6 is 7.82 Å². The van der Waals surface area contributed by atoms with Gasteiger partial charge in [0.2, 0.25) is 5.91 Å². The summed E-state index contributed by atoms with van der Waals surface area (Å²) in [4.78, 5) is 22.7. The molecule has 8 nitrogen and oxygen atoms in total. The van der Waals surface area contributed by atoms with Gasteiger partial charge in [0.05, 0.1) is 25.4 Å². The third-order valence-electron chi connectivity index (χ3n) is 12.9. The van der Waals surface area contributed by atoms with Gasteiger partial charge < -0.3 is 21.1 Å². The van der Waals surface area contributed by atoms with Gasteiger partial charge in [0.15, 0.2) is 0 Å². The van der Waals surface area contributed by atoms with Crippen molar-refractivity contribution in [1.29, 1.82) is 0 Å². The quantitative estimate of drug-likeness (QED) is 0.0271. The van der Waals surface area contributed by atoms with Crippen LogP contribution in [0.1, 0.15) is 296 Å². The summed E-state index contributed by atoms with van der Waals surface area (Å²) in [7, 11) is -4.33. The van der Waals surface area contributed by atoms with Gasteiger partial charge in [0, 0.05) is 13.0 Å². The Morgan fingerprint density at radius 3 is 1.13 bits per heavy atom. The van der Waals surface area contributed by atoms with Crippen molar-refractivity contribution in [2.75, 3.05) is 19.8 Å². The monoisotopic (exact) mass is 913 g/mol. The lowest BCUT2D eigenvalue weighted by Gasteiger charge is -2.23. The molecule has 0 spiro atoms. The molecule has 0 aromatic heterocycles. The van der Waals surface area contributed by atoms with Crippen molar-refractivity contribution in [2.24, 2.45) is 5.73 Å². The highest BCUT2D eigenvalue weighted by Gasteiger charge is 2.27. The Labute approximate surface area is 392 Å². The average Bonchev–Trinajstić information content (AvgIpc) is 3.27. The first-order chi connectivity index (χ1) is 30.9. The van der Waals surface area contributed by atoms with Crippen LogP contribution in [0, 0.1) is 0 Å². The summed E-state index contributed by atoms with van der Waals surface area (Å²) in [5.41, 5.74) is 5.38. The number of carbonyl (C=O) groups is 1. The van der Waals surface area contributed by atoms with Crippen LogP contribution in [-0.4, -0.2) is 47.8 Å². The lowest BCUT2D eigenvalue weighted by Crippen LogP contribution is -2.45. The van der Waals surface area contributed by atoms with Gasteiger partial charge in [-0.05, 0) is 19.3 Å². The van der Waals surface area contributed by atoms with E-state index >= 15 is 0 Å². The average molecular weight is 913 g/mol. The number of nitrogens with two attached hydrogens (primary N) is 1. The lowest BCUT2D eigenvalue weighted by atomic mass is 10.0. The van der Waals surface area contributed by atoms with Crippen LogP contribution in [0.5, 0.6) is 0 Å². The Kier molecular flexibility index (Phi) is 50.0. The number of hydrogen-bond acceptors (Lipinski definition) is 6. The zero-order valence-electron chi connectivity index (χ0n) is 42.1. The number of allylic oxidation sites excluding steroid dienone is 1. The van der Waals surface area contributed by atoms with E-state index in [1.807, 2.05) is 6.08 Å². The fourth-order valence-corrected chi connectivity index (χ4v) is 9.43. The summed E-state index contributed by atoms with van der Waals surface area (Å²) >= 11 is 0. The molecule has 0 saturated carbocycles. The molecule has 1 amide bonds. The molecule has 376 valence electrons. The molecule has 1 unspecified atom stereocenters. The molecule has 0 aromatic rings. The molecule has 5 N–H and O–H groups in total. The predicted octanol–water partition coefficient (Wildman–Crippen LogP) is 16.7. The van der Waals surface area contributed by atoms with E-state index in [1.54, 1.807) is 6.08 Å². The highest BCUT2D eigenvalue weighted by Crippen LogP contribution is 2.43. The molecule has 0 heterocycles. The third-order valence-corrected chi connectivity index (χ3v) is 13.8. The molecule has 0 aromatic carbocycles. The van der Waals surface area contributed by atoms with Crippen LogP contribution in [0.25, 0.3) is 0 Å². The fourth-order valence-electron chi connectivity index (χ4n) is 8.67. The van der Waals surface area contributed by atoms with Crippen LogP contribution in [0.3, 0.4) is 0 Å². The van der Waals surface area contributed by atoms with Gasteiger partial charge in [-0.1, -0.05) is 283 Å². The van der Waals surface area contributed by atoms with Crippen LogP contribution in [0.4, 0.5) is 0 Å². The number of aliphatic hydroxyl groups is 1. The molecule has 0 saturated heterocycles. The van der Waals surface area contributed by atoms with Crippen molar-refractivity contribution in [2.45, 2.75) is 309 Å². The highest BCUT2D eigenvalue weighted by atomic mass is 31.2. The molecule has 63 heavy (non-hydrogen) atoms. The molecule has 3 atom stereocenters. The highest BCUT2D eigenvalue weighted by molar-refractivity contribution is 7.47. The molecule has 0 fully saturated rings. The molecule has 0 aliphatic rings. The number of unbranched alkanes of at least 4 members (excludes halogenated alkanes) is 41. The van der Waals surface area contributed by atoms with Gasteiger partial charge in [0.25, 0.3) is 0 Å². The second-order valence-electron chi connectivity index (χ2n) is 19.2. The van der Waals surface area contributed by atoms with E-state index in [0.29, 0.717) is 6.42 Å². The zero-order valence-corrected chi connectivity index (χ0v) is 43.0.